The van der Waals surface area contributed by atoms with Gasteiger partial charge in [-0.3, -0.25) is 9.48 Å². The van der Waals surface area contributed by atoms with E-state index in [1.807, 2.05) is 23.7 Å². The Bertz CT molecular complexity index is 869. The molecular formula is C15H18N8O. The Morgan fingerprint density at radius 3 is 2.92 bits per heavy atom. The fourth-order valence-corrected chi connectivity index (χ4v) is 2.93. The zero-order valence-corrected chi connectivity index (χ0v) is 13.3. The number of aryl methyl sites for hydroxylation is 1. The van der Waals surface area contributed by atoms with Crippen LogP contribution in [0.2, 0.25) is 0 Å². The zero-order valence-electron chi connectivity index (χ0n) is 13.3. The molecule has 9 nitrogen and oxygen atoms in total. The van der Waals surface area contributed by atoms with Crippen molar-refractivity contribution >= 4 is 17.4 Å². The maximum Gasteiger partial charge on any atom is 0.291 e. The molecule has 4 rings (SSSR count). The fraction of sp³-hybridized carbons (Fsp3) is 0.400. The van der Waals surface area contributed by atoms with Gasteiger partial charge in [-0.15, -0.1) is 5.10 Å². The minimum atomic E-state index is -0.235. The number of aromatic nitrogens is 6. The van der Waals surface area contributed by atoms with Gasteiger partial charge >= 0.3 is 0 Å². The lowest BCUT2D eigenvalue weighted by Crippen LogP contribution is -2.37. The molecule has 0 aromatic carbocycles. The van der Waals surface area contributed by atoms with Crippen LogP contribution in [0.15, 0.2) is 31.1 Å². The van der Waals surface area contributed by atoms with E-state index in [4.69, 9.17) is 0 Å². The van der Waals surface area contributed by atoms with Crippen molar-refractivity contribution in [2.24, 2.45) is 0 Å². The molecule has 3 aromatic heterocycles. The quantitative estimate of drug-likeness (QED) is 0.743. The summed E-state index contributed by atoms with van der Waals surface area (Å²) in [5.74, 6) is 0.817. The molecule has 4 heterocycles. The van der Waals surface area contributed by atoms with E-state index in [9.17, 15) is 4.79 Å². The summed E-state index contributed by atoms with van der Waals surface area (Å²) in [6.45, 7) is 4.16. The van der Waals surface area contributed by atoms with Crippen molar-refractivity contribution < 1.29 is 4.79 Å². The van der Waals surface area contributed by atoms with Gasteiger partial charge in [0.25, 0.3) is 5.91 Å². The smallest absolute Gasteiger partial charge is 0.291 e. The second-order valence-electron chi connectivity index (χ2n) is 5.74. The number of anilines is 1. The molecule has 0 aliphatic carbocycles. The van der Waals surface area contributed by atoms with Gasteiger partial charge in [-0.25, -0.2) is 15.0 Å². The summed E-state index contributed by atoms with van der Waals surface area (Å²) < 4.78 is 3.58. The van der Waals surface area contributed by atoms with E-state index in [1.165, 1.54) is 0 Å². The number of imidazole rings is 1. The van der Waals surface area contributed by atoms with Crippen LogP contribution in [0.1, 0.15) is 24.0 Å². The lowest BCUT2D eigenvalue weighted by atomic mass is 10.2. The summed E-state index contributed by atoms with van der Waals surface area (Å²) in [4.78, 5) is 27.2. The van der Waals surface area contributed by atoms with Gasteiger partial charge in [0, 0.05) is 50.5 Å². The third-order valence-electron chi connectivity index (χ3n) is 4.18. The van der Waals surface area contributed by atoms with Crippen molar-refractivity contribution in [2.45, 2.75) is 25.9 Å². The Kier molecular flexibility index (Phi) is 3.60. The van der Waals surface area contributed by atoms with Crippen LogP contribution in [0, 0.1) is 0 Å². The van der Waals surface area contributed by atoms with Gasteiger partial charge in [-0.1, -0.05) is 0 Å². The van der Waals surface area contributed by atoms with Gasteiger partial charge in [0.1, 0.15) is 6.33 Å². The second-order valence-corrected chi connectivity index (χ2v) is 5.74. The fourth-order valence-electron chi connectivity index (χ4n) is 2.93. The number of hydrogen-bond acceptors (Lipinski definition) is 6. The van der Waals surface area contributed by atoms with Gasteiger partial charge < -0.3 is 14.6 Å². The average Bonchev–Trinajstić information content (AvgIpc) is 3.34. The number of fused-ring (bicyclic) bond motifs is 1. The topological polar surface area (TPSA) is 93.2 Å². The molecule has 3 aromatic rings. The third-order valence-corrected chi connectivity index (χ3v) is 4.18. The molecule has 1 unspecified atom stereocenters. The van der Waals surface area contributed by atoms with Crippen LogP contribution in [0.5, 0.6) is 0 Å². The summed E-state index contributed by atoms with van der Waals surface area (Å²) in [6, 6.07) is 0.0445. The van der Waals surface area contributed by atoms with E-state index in [0.717, 1.165) is 24.4 Å². The van der Waals surface area contributed by atoms with Crippen molar-refractivity contribution in [3.05, 3.63) is 36.9 Å². The molecule has 0 saturated carbocycles. The predicted octanol–water partition coefficient (Wildman–Crippen LogP) is 0.349. The molecule has 9 heteroatoms. The number of rotatable bonds is 4. The molecule has 1 N–H and O–H groups in total. The lowest BCUT2D eigenvalue weighted by Gasteiger charge is -2.18. The van der Waals surface area contributed by atoms with Crippen molar-refractivity contribution in [1.29, 1.82) is 0 Å². The number of amides is 1. The molecule has 0 radical (unpaired) electrons. The second kappa shape index (κ2) is 5.91. The highest BCUT2D eigenvalue weighted by atomic mass is 16.2. The summed E-state index contributed by atoms with van der Waals surface area (Å²) in [6.07, 6.45) is 9.70. The van der Waals surface area contributed by atoms with Crippen LogP contribution in [0.4, 0.5) is 5.82 Å². The van der Waals surface area contributed by atoms with Crippen LogP contribution >= 0.6 is 0 Å². The van der Waals surface area contributed by atoms with Crippen LogP contribution in [-0.2, 0) is 6.54 Å². The summed E-state index contributed by atoms with van der Waals surface area (Å²) in [5.41, 5.74) is 0.827. The molecule has 0 bridgehead atoms. The minimum absolute atomic E-state index is 0.0445. The van der Waals surface area contributed by atoms with Crippen LogP contribution in [0.25, 0.3) is 5.65 Å². The predicted molar refractivity (Wildman–Crippen MR) is 86.8 cm³/mol. The average molecular weight is 326 g/mol. The van der Waals surface area contributed by atoms with Crippen molar-refractivity contribution in [2.75, 3.05) is 18.0 Å². The Morgan fingerprint density at radius 1 is 1.29 bits per heavy atom. The summed E-state index contributed by atoms with van der Waals surface area (Å²) >= 11 is 0. The van der Waals surface area contributed by atoms with E-state index in [-0.39, 0.29) is 17.8 Å². The van der Waals surface area contributed by atoms with Gasteiger partial charge in [-0.2, -0.15) is 0 Å². The molecule has 0 spiro atoms. The van der Waals surface area contributed by atoms with E-state index < -0.39 is 0 Å². The summed E-state index contributed by atoms with van der Waals surface area (Å²) in [5, 5.41) is 7.14. The first-order valence-corrected chi connectivity index (χ1v) is 7.97. The largest absolute Gasteiger partial charge is 0.351 e. The maximum atomic E-state index is 12.2. The first-order valence-electron chi connectivity index (χ1n) is 7.97. The number of nitrogens with one attached hydrogen (secondary N) is 1. The monoisotopic (exact) mass is 326 g/mol. The molecule has 1 amide bonds. The van der Waals surface area contributed by atoms with Crippen molar-refractivity contribution in [1.82, 2.24) is 34.4 Å². The number of carbonyl (C=O) groups is 1. The minimum Gasteiger partial charge on any atom is -0.351 e. The normalized spacial score (nSPS) is 17.5. The van der Waals surface area contributed by atoms with Gasteiger partial charge in [-0.05, 0) is 13.3 Å². The summed E-state index contributed by atoms with van der Waals surface area (Å²) in [7, 11) is 0. The molecule has 1 saturated heterocycles. The Hall–Kier alpha value is -2.97. The SMILES string of the molecule is CCn1cnc(C(=O)NC2CCN(c3nccn4ccnc34)C2)n1. The number of nitrogens with zero attached hydrogens (tertiary/aromatic N) is 7. The van der Waals surface area contributed by atoms with Gasteiger partial charge in [0.15, 0.2) is 11.5 Å². The molecule has 1 fully saturated rings. The molecule has 124 valence electrons. The lowest BCUT2D eigenvalue weighted by molar-refractivity contribution is 0.0929. The van der Waals surface area contributed by atoms with Gasteiger partial charge in [0.2, 0.25) is 5.82 Å². The van der Waals surface area contributed by atoms with Crippen molar-refractivity contribution in [3.63, 3.8) is 0 Å². The van der Waals surface area contributed by atoms with Crippen molar-refractivity contribution in [3.8, 4) is 0 Å². The van der Waals surface area contributed by atoms with Gasteiger partial charge in [0.05, 0.1) is 0 Å². The molecule has 1 aliphatic rings. The standard InChI is InChI=1S/C15H18N8O/c1-2-23-10-18-12(20-23)15(24)19-11-3-6-22(9-11)14-13-16-4-7-21(13)8-5-17-14/h4-5,7-8,10-11H,2-3,6,9H2,1H3,(H,19,24). The first-order chi connectivity index (χ1) is 11.7. The highest BCUT2D eigenvalue weighted by Gasteiger charge is 2.27. The molecule has 1 atom stereocenters. The Balaban J connectivity index is 1.45. The molecular weight excluding hydrogens is 308 g/mol. The number of carbonyl (C=O) groups excluding carboxylic acids is 1. The molecule has 1 aliphatic heterocycles. The van der Waals surface area contributed by atoms with E-state index >= 15 is 0 Å². The van der Waals surface area contributed by atoms with Crippen LogP contribution < -0.4 is 10.2 Å². The van der Waals surface area contributed by atoms with E-state index in [0.29, 0.717) is 13.1 Å². The molecule has 24 heavy (non-hydrogen) atoms. The highest BCUT2D eigenvalue weighted by Crippen LogP contribution is 2.21. The third kappa shape index (κ3) is 2.57. The highest BCUT2D eigenvalue weighted by molar-refractivity contribution is 5.90. The first kappa shape index (κ1) is 14.6. The zero-order chi connectivity index (χ0) is 16.5. The number of hydrogen-bond donors (Lipinski definition) is 1. The Morgan fingerprint density at radius 2 is 2.12 bits per heavy atom. The van der Waals surface area contributed by atoms with Crippen LogP contribution in [0.3, 0.4) is 0 Å². The van der Waals surface area contributed by atoms with E-state index in [2.05, 4.69) is 30.3 Å². The van der Waals surface area contributed by atoms with E-state index in [1.54, 1.807) is 23.4 Å². The Labute approximate surface area is 138 Å². The maximum absolute atomic E-state index is 12.2. The van der Waals surface area contributed by atoms with Crippen LogP contribution in [-0.4, -0.2) is 54.2 Å².